The third-order valence-corrected chi connectivity index (χ3v) is 7.81. The maximum absolute atomic E-state index is 14.7. The number of carbonyl (C=O) groups excluding carboxylic acids is 1. The highest BCUT2D eigenvalue weighted by molar-refractivity contribution is 6.30. The van der Waals surface area contributed by atoms with E-state index < -0.39 is 6.61 Å². The topological polar surface area (TPSA) is 60.5 Å². The van der Waals surface area contributed by atoms with Gasteiger partial charge in [0.1, 0.15) is 0 Å². The van der Waals surface area contributed by atoms with Crippen molar-refractivity contribution in [1.82, 2.24) is 4.90 Å². The van der Waals surface area contributed by atoms with Gasteiger partial charge in [-0.3, -0.25) is 4.79 Å². The van der Waals surface area contributed by atoms with Gasteiger partial charge in [0.15, 0.2) is 23.0 Å². The molecule has 0 radical (unpaired) electrons. The van der Waals surface area contributed by atoms with Gasteiger partial charge in [0, 0.05) is 29.8 Å². The first-order valence-electron chi connectivity index (χ1n) is 13.4. The molecule has 1 saturated heterocycles. The van der Waals surface area contributed by atoms with E-state index in [1.807, 2.05) is 23.1 Å². The highest BCUT2D eigenvalue weighted by Gasteiger charge is 2.44. The Hall–Kier alpha value is -4.11. The van der Waals surface area contributed by atoms with Crippen LogP contribution in [0.25, 0.3) is 11.6 Å². The molecule has 2 aliphatic rings. The minimum atomic E-state index is -2.99. The average molecular weight is 565 g/mol. The lowest BCUT2D eigenvalue weighted by molar-refractivity contribution is -0.113. The SMILES string of the molecule is COc1ccc(/C(=C\c2ccc(OC(F)F)c(OC)c2)C(=O)N2c3ccc(C)cc3C3CN(C)CCC32)cc1OC. The van der Waals surface area contributed by atoms with Gasteiger partial charge in [0.25, 0.3) is 5.91 Å². The summed E-state index contributed by atoms with van der Waals surface area (Å²) >= 11 is 0. The van der Waals surface area contributed by atoms with Gasteiger partial charge in [-0.25, -0.2) is 0 Å². The van der Waals surface area contributed by atoms with Crippen LogP contribution in [0.1, 0.15) is 34.6 Å². The van der Waals surface area contributed by atoms with Crippen LogP contribution in [0.5, 0.6) is 23.0 Å². The molecule has 0 aromatic heterocycles. The van der Waals surface area contributed by atoms with Gasteiger partial charge in [-0.15, -0.1) is 0 Å². The van der Waals surface area contributed by atoms with Crippen molar-refractivity contribution in [3.05, 3.63) is 76.9 Å². The van der Waals surface area contributed by atoms with Crippen molar-refractivity contribution < 1.29 is 32.5 Å². The van der Waals surface area contributed by atoms with Gasteiger partial charge in [-0.1, -0.05) is 29.8 Å². The summed E-state index contributed by atoms with van der Waals surface area (Å²) in [7, 11) is 6.59. The smallest absolute Gasteiger partial charge is 0.387 e. The van der Waals surface area contributed by atoms with Gasteiger partial charge in [-0.05, 0) is 80.0 Å². The molecule has 0 N–H and O–H groups in total. The minimum Gasteiger partial charge on any atom is -0.493 e. The molecular weight excluding hydrogens is 530 g/mol. The summed E-state index contributed by atoms with van der Waals surface area (Å²) in [6.45, 7) is 0.825. The molecule has 1 amide bonds. The molecule has 3 aromatic carbocycles. The van der Waals surface area contributed by atoms with Crippen LogP contribution in [0.2, 0.25) is 0 Å². The number of amides is 1. The summed E-state index contributed by atoms with van der Waals surface area (Å²) in [4.78, 5) is 18.9. The van der Waals surface area contributed by atoms with E-state index >= 15 is 0 Å². The second-order valence-electron chi connectivity index (χ2n) is 10.4. The zero-order valence-electron chi connectivity index (χ0n) is 23.8. The molecule has 0 aliphatic carbocycles. The van der Waals surface area contributed by atoms with Crippen LogP contribution in [0, 0.1) is 6.92 Å². The fourth-order valence-corrected chi connectivity index (χ4v) is 5.88. The molecule has 9 heteroatoms. The van der Waals surface area contributed by atoms with Crippen LogP contribution in [-0.2, 0) is 4.79 Å². The van der Waals surface area contributed by atoms with Crippen molar-refractivity contribution in [1.29, 1.82) is 0 Å². The minimum absolute atomic E-state index is 0.00963. The Bertz CT molecular complexity index is 1470. The number of ether oxygens (including phenoxy) is 4. The van der Waals surface area contributed by atoms with Crippen LogP contribution < -0.4 is 23.8 Å². The Kier molecular flexibility index (Phi) is 8.17. The number of carbonyl (C=O) groups is 1. The van der Waals surface area contributed by atoms with E-state index in [2.05, 4.69) is 29.7 Å². The number of anilines is 1. The number of fused-ring (bicyclic) bond motifs is 3. The van der Waals surface area contributed by atoms with E-state index in [1.54, 1.807) is 44.6 Å². The molecule has 0 spiro atoms. The molecule has 216 valence electrons. The normalized spacial score (nSPS) is 18.6. The Balaban J connectivity index is 1.64. The van der Waals surface area contributed by atoms with Crippen molar-refractivity contribution in [2.45, 2.75) is 31.9 Å². The van der Waals surface area contributed by atoms with Crippen molar-refractivity contribution in [2.24, 2.45) is 0 Å². The molecule has 2 atom stereocenters. The maximum atomic E-state index is 14.7. The summed E-state index contributed by atoms with van der Waals surface area (Å²) in [6.07, 6.45) is 2.59. The monoisotopic (exact) mass is 564 g/mol. The predicted octanol–water partition coefficient (Wildman–Crippen LogP) is 6.00. The summed E-state index contributed by atoms with van der Waals surface area (Å²) in [5.74, 6) is 1.11. The van der Waals surface area contributed by atoms with Crippen molar-refractivity contribution in [3.8, 4) is 23.0 Å². The number of likely N-dealkylation sites (N-methyl/N-ethyl adjacent to an activating group) is 1. The number of hydrogen-bond acceptors (Lipinski definition) is 6. The Morgan fingerprint density at radius 2 is 1.63 bits per heavy atom. The van der Waals surface area contributed by atoms with E-state index in [0.717, 1.165) is 30.8 Å². The molecule has 1 fully saturated rings. The molecule has 7 nitrogen and oxygen atoms in total. The Morgan fingerprint density at radius 1 is 0.927 bits per heavy atom. The molecule has 2 unspecified atom stereocenters. The largest absolute Gasteiger partial charge is 0.493 e. The molecule has 5 rings (SSSR count). The fourth-order valence-electron chi connectivity index (χ4n) is 5.88. The number of nitrogens with zero attached hydrogens (tertiary/aromatic N) is 2. The molecule has 41 heavy (non-hydrogen) atoms. The van der Waals surface area contributed by atoms with Crippen LogP contribution in [0.15, 0.2) is 54.6 Å². The molecule has 2 aliphatic heterocycles. The number of halogens is 2. The number of hydrogen-bond donors (Lipinski definition) is 0. The summed E-state index contributed by atoms with van der Waals surface area (Å²) < 4.78 is 46.7. The standard InChI is InChI=1S/C32H34F2N2O5/c1-19-6-9-25-23(14-19)24-18-35(2)13-12-26(24)36(25)31(37)22(21-8-11-27(38-3)30(17-21)40-5)15-20-7-10-28(41-32(33)34)29(16-20)39-4/h6-11,14-17,24,26,32H,12-13,18H2,1-5H3/b22-15+. The quantitative estimate of drug-likeness (QED) is 0.247. The number of piperidine rings is 1. The summed E-state index contributed by atoms with van der Waals surface area (Å²) in [6, 6.07) is 16.2. The average Bonchev–Trinajstić information content (AvgIpc) is 3.28. The zero-order valence-corrected chi connectivity index (χ0v) is 23.8. The first kappa shape index (κ1) is 28.4. The van der Waals surface area contributed by atoms with Crippen LogP contribution in [0.4, 0.5) is 14.5 Å². The second-order valence-corrected chi connectivity index (χ2v) is 10.4. The number of rotatable bonds is 8. The molecule has 0 bridgehead atoms. The Morgan fingerprint density at radius 3 is 2.34 bits per heavy atom. The number of alkyl halides is 2. The summed E-state index contributed by atoms with van der Waals surface area (Å²) in [5.41, 5.74) is 4.88. The third-order valence-electron chi connectivity index (χ3n) is 7.81. The van der Waals surface area contributed by atoms with Crippen molar-refractivity contribution >= 4 is 23.2 Å². The third kappa shape index (κ3) is 5.59. The van der Waals surface area contributed by atoms with Gasteiger partial charge in [0.2, 0.25) is 0 Å². The second kappa shape index (κ2) is 11.8. The lowest BCUT2D eigenvalue weighted by Gasteiger charge is -2.36. The number of aryl methyl sites for hydroxylation is 1. The van der Waals surface area contributed by atoms with Crippen molar-refractivity contribution in [3.63, 3.8) is 0 Å². The van der Waals surface area contributed by atoms with E-state index in [9.17, 15) is 13.6 Å². The summed E-state index contributed by atoms with van der Waals surface area (Å²) in [5, 5.41) is 0. The number of methoxy groups -OCH3 is 3. The molecular formula is C32H34F2N2O5. The van der Waals surface area contributed by atoms with Crippen molar-refractivity contribution in [2.75, 3.05) is 46.4 Å². The predicted molar refractivity (Wildman–Crippen MR) is 154 cm³/mol. The molecule has 0 saturated carbocycles. The highest BCUT2D eigenvalue weighted by Crippen LogP contribution is 2.46. The van der Waals surface area contributed by atoms with Gasteiger partial charge >= 0.3 is 6.61 Å². The Labute approximate surface area is 238 Å². The van der Waals surface area contributed by atoms with Crippen LogP contribution >= 0.6 is 0 Å². The number of likely N-dealkylation sites (tertiary alicyclic amines) is 1. The van der Waals surface area contributed by atoms with Crippen LogP contribution in [-0.4, -0.2) is 64.9 Å². The highest BCUT2D eigenvalue weighted by atomic mass is 19.3. The van der Waals surface area contributed by atoms with E-state index in [-0.39, 0.29) is 29.4 Å². The van der Waals surface area contributed by atoms with E-state index in [1.165, 1.54) is 18.7 Å². The lowest BCUT2D eigenvalue weighted by atomic mass is 9.88. The van der Waals surface area contributed by atoms with Gasteiger partial charge in [0.05, 0.1) is 21.3 Å². The first-order chi connectivity index (χ1) is 19.7. The number of benzene rings is 3. The maximum Gasteiger partial charge on any atom is 0.387 e. The first-order valence-corrected chi connectivity index (χ1v) is 13.4. The zero-order chi connectivity index (χ0) is 29.3. The van der Waals surface area contributed by atoms with Crippen LogP contribution in [0.3, 0.4) is 0 Å². The lowest BCUT2D eigenvalue weighted by Crippen LogP contribution is -2.47. The van der Waals surface area contributed by atoms with Gasteiger partial charge in [-0.2, -0.15) is 8.78 Å². The van der Waals surface area contributed by atoms with Gasteiger partial charge < -0.3 is 28.7 Å². The fraction of sp³-hybridized carbons (Fsp3) is 0.344. The molecule has 3 aromatic rings. The molecule has 2 heterocycles. The van der Waals surface area contributed by atoms with E-state index in [4.69, 9.17) is 14.2 Å². The van der Waals surface area contributed by atoms with E-state index in [0.29, 0.717) is 28.2 Å².